The first-order valence-electron chi connectivity index (χ1n) is 10.3. The molecule has 0 saturated heterocycles. The Morgan fingerprint density at radius 2 is 1.61 bits per heavy atom. The molecule has 0 spiro atoms. The molecule has 3 aromatic carbocycles. The summed E-state index contributed by atoms with van der Waals surface area (Å²) in [4.78, 5) is 13.2. The lowest BCUT2D eigenvalue weighted by atomic mass is 9.90. The van der Waals surface area contributed by atoms with Gasteiger partial charge in [0.15, 0.2) is 5.54 Å². The summed E-state index contributed by atoms with van der Waals surface area (Å²) in [6.45, 7) is 3.07. The minimum atomic E-state index is -4.16. The maximum atomic E-state index is 13.2. The lowest BCUT2D eigenvalue weighted by Crippen LogP contribution is -2.56. The first-order valence-corrected chi connectivity index (χ1v) is 11.8. The number of hydrogen-bond donors (Lipinski definition) is 2. The Labute approximate surface area is 194 Å². The summed E-state index contributed by atoms with van der Waals surface area (Å²) in [5, 5.41) is 11.2. The van der Waals surface area contributed by atoms with Gasteiger partial charge in [-0.3, -0.25) is 0 Å². The number of aliphatic hydroxyl groups is 1. The second kappa shape index (κ2) is 10.2. The van der Waals surface area contributed by atoms with Gasteiger partial charge in [-0.15, -0.1) is 0 Å². The number of aryl methyl sites for hydroxylation is 1. The van der Waals surface area contributed by atoms with Crippen molar-refractivity contribution >= 4 is 16.0 Å². The zero-order valence-electron chi connectivity index (χ0n) is 18.7. The van der Waals surface area contributed by atoms with Crippen molar-refractivity contribution in [1.82, 2.24) is 4.72 Å². The van der Waals surface area contributed by atoms with Crippen molar-refractivity contribution < 1.29 is 27.8 Å². The highest BCUT2D eigenvalue weighted by Crippen LogP contribution is 2.31. The molecular weight excluding hydrogens is 442 g/mol. The summed E-state index contributed by atoms with van der Waals surface area (Å²) in [7, 11) is -2.66. The fourth-order valence-corrected chi connectivity index (χ4v) is 4.62. The lowest BCUT2D eigenvalue weighted by Gasteiger charge is -2.33. The molecule has 3 aromatic rings. The monoisotopic (exact) mass is 469 g/mol. The average Bonchev–Trinajstić information content (AvgIpc) is 2.82. The number of nitrogens with one attached hydrogen (secondary N) is 1. The van der Waals surface area contributed by atoms with Crippen LogP contribution in [0.3, 0.4) is 0 Å². The molecule has 0 amide bonds. The van der Waals surface area contributed by atoms with Gasteiger partial charge in [0.2, 0.25) is 10.0 Å². The van der Waals surface area contributed by atoms with Gasteiger partial charge in [0.25, 0.3) is 0 Å². The van der Waals surface area contributed by atoms with Crippen molar-refractivity contribution in [2.75, 3.05) is 7.11 Å². The van der Waals surface area contributed by atoms with Crippen molar-refractivity contribution in [3.8, 4) is 5.75 Å². The molecule has 0 saturated carbocycles. The molecule has 2 atom stereocenters. The molecule has 0 aliphatic carbocycles. The fraction of sp³-hybridized carbons (Fsp3) is 0.240. The van der Waals surface area contributed by atoms with Gasteiger partial charge in [0.1, 0.15) is 18.5 Å². The van der Waals surface area contributed by atoms with E-state index in [0.717, 1.165) is 11.1 Å². The Balaban J connectivity index is 1.94. The zero-order valence-corrected chi connectivity index (χ0v) is 19.5. The third-order valence-corrected chi connectivity index (χ3v) is 6.88. The third-order valence-electron chi connectivity index (χ3n) is 5.29. The quantitative estimate of drug-likeness (QED) is 0.465. The molecule has 3 rings (SSSR count). The number of aliphatic hydroxyl groups excluding tert-OH is 1. The molecular formula is C25H27NO6S. The number of hydrogen-bond acceptors (Lipinski definition) is 6. The number of methoxy groups -OCH3 is 1. The van der Waals surface area contributed by atoms with Crippen LogP contribution in [0.2, 0.25) is 0 Å². The second-order valence-corrected chi connectivity index (χ2v) is 9.54. The van der Waals surface area contributed by atoms with Gasteiger partial charge in [0, 0.05) is 0 Å². The first kappa shape index (κ1) is 24.4. The number of carbonyl (C=O) groups excluding carboxylic acids is 1. The Hall–Kier alpha value is -3.20. The second-order valence-electron chi connectivity index (χ2n) is 7.86. The highest BCUT2D eigenvalue weighted by molar-refractivity contribution is 7.89. The molecule has 0 aliphatic heterocycles. The maximum absolute atomic E-state index is 13.2. The maximum Gasteiger partial charge on any atom is 0.330 e. The Morgan fingerprint density at radius 1 is 1.00 bits per heavy atom. The topological polar surface area (TPSA) is 102 Å². The molecule has 0 aromatic heterocycles. The van der Waals surface area contributed by atoms with E-state index >= 15 is 0 Å². The predicted molar refractivity (Wildman–Crippen MR) is 124 cm³/mol. The third kappa shape index (κ3) is 5.78. The Kier molecular flexibility index (Phi) is 7.53. The lowest BCUT2D eigenvalue weighted by molar-refractivity contribution is -0.156. The van der Waals surface area contributed by atoms with Gasteiger partial charge >= 0.3 is 5.97 Å². The number of benzene rings is 3. The normalized spacial score (nSPS) is 14.2. The van der Waals surface area contributed by atoms with Gasteiger partial charge in [0.05, 0.1) is 12.0 Å². The molecule has 0 radical (unpaired) electrons. The van der Waals surface area contributed by atoms with Crippen molar-refractivity contribution in [2.45, 2.75) is 37.0 Å². The van der Waals surface area contributed by atoms with Crippen molar-refractivity contribution in [3.05, 3.63) is 95.6 Å². The zero-order chi connectivity index (χ0) is 24.1. The minimum Gasteiger partial charge on any atom is -0.497 e. The minimum absolute atomic E-state index is 0.0304. The van der Waals surface area contributed by atoms with Crippen molar-refractivity contribution in [2.24, 2.45) is 0 Å². The molecule has 0 unspecified atom stereocenters. The molecule has 0 fully saturated rings. The number of carbonyl (C=O) groups is 1. The molecule has 0 bridgehead atoms. The summed E-state index contributed by atoms with van der Waals surface area (Å²) in [5.41, 5.74) is -0.0695. The van der Waals surface area contributed by atoms with Gasteiger partial charge < -0.3 is 14.6 Å². The van der Waals surface area contributed by atoms with E-state index in [0.29, 0.717) is 11.3 Å². The smallest absolute Gasteiger partial charge is 0.330 e. The van der Waals surface area contributed by atoms with Gasteiger partial charge in [-0.05, 0) is 49.2 Å². The number of sulfonamides is 1. The standard InChI is InChI=1S/C25H27NO6S/c1-18-9-15-22(16-10-18)33(29,30)26-25(2,23(27)20-11-13-21(31-3)14-12-20)24(28)32-17-19-7-5-4-6-8-19/h4-16,23,26-27H,17H2,1-3H3/t23-,25-/m0/s1. The van der Waals surface area contributed by atoms with E-state index < -0.39 is 27.6 Å². The first-order chi connectivity index (χ1) is 15.7. The van der Waals surface area contributed by atoms with Crippen LogP contribution < -0.4 is 9.46 Å². The van der Waals surface area contributed by atoms with Crippen molar-refractivity contribution in [3.63, 3.8) is 0 Å². The molecule has 0 aliphatic rings. The summed E-state index contributed by atoms with van der Waals surface area (Å²) >= 11 is 0. The van der Waals surface area contributed by atoms with Crippen LogP contribution >= 0.6 is 0 Å². The molecule has 174 valence electrons. The number of rotatable bonds is 9. The summed E-state index contributed by atoms with van der Waals surface area (Å²) < 4.78 is 39.2. The van der Waals surface area contributed by atoms with Crippen LogP contribution in [0.5, 0.6) is 5.75 Å². The average molecular weight is 470 g/mol. The summed E-state index contributed by atoms with van der Waals surface area (Å²) in [6, 6.07) is 21.5. The number of esters is 1. The van der Waals surface area contributed by atoms with E-state index in [1.165, 1.54) is 26.2 Å². The highest BCUT2D eigenvalue weighted by Gasteiger charge is 2.46. The molecule has 8 heteroatoms. The van der Waals surface area contributed by atoms with E-state index in [1.54, 1.807) is 60.7 Å². The molecule has 7 nitrogen and oxygen atoms in total. The highest BCUT2D eigenvalue weighted by atomic mass is 32.2. The van der Waals surface area contributed by atoms with Crippen LogP contribution in [0.25, 0.3) is 0 Å². The van der Waals surface area contributed by atoms with Crippen LogP contribution in [0.1, 0.15) is 29.7 Å². The van der Waals surface area contributed by atoms with Gasteiger partial charge in [-0.1, -0.05) is 60.2 Å². The molecule has 2 N–H and O–H groups in total. The van der Waals surface area contributed by atoms with E-state index in [2.05, 4.69) is 4.72 Å². The van der Waals surface area contributed by atoms with Gasteiger partial charge in [-0.25, -0.2) is 13.2 Å². The summed E-state index contributed by atoms with van der Waals surface area (Å²) in [6.07, 6.45) is -1.54. The van der Waals surface area contributed by atoms with E-state index in [4.69, 9.17) is 9.47 Å². The Bertz CT molecular complexity index is 1180. The molecule has 0 heterocycles. The van der Waals surface area contributed by atoms with E-state index in [-0.39, 0.29) is 11.5 Å². The van der Waals surface area contributed by atoms with Crippen LogP contribution in [0.15, 0.2) is 83.8 Å². The van der Waals surface area contributed by atoms with Crippen LogP contribution in [0.4, 0.5) is 0 Å². The SMILES string of the molecule is COc1ccc([C@H](O)[C@](C)(NS(=O)(=O)c2ccc(C)cc2)C(=O)OCc2ccccc2)cc1. The van der Waals surface area contributed by atoms with E-state index in [1.807, 2.05) is 13.0 Å². The molecule has 33 heavy (non-hydrogen) atoms. The van der Waals surface area contributed by atoms with Crippen LogP contribution in [-0.2, 0) is 26.2 Å². The van der Waals surface area contributed by atoms with Gasteiger partial charge in [-0.2, -0.15) is 4.72 Å². The number of ether oxygens (including phenoxy) is 2. The van der Waals surface area contributed by atoms with Crippen molar-refractivity contribution in [1.29, 1.82) is 0 Å². The van der Waals surface area contributed by atoms with Crippen LogP contribution in [0, 0.1) is 6.92 Å². The fourth-order valence-electron chi connectivity index (χ4n) is 3.26. The van der Waals surface area contributed by atoms with E-state index in [9.17, 15) is 18.3 Å². The largest absolute Gasteiger partial charge is 0.497 e. The summed E-state index contributed by atoms with van der Waals surface area (Å²) in [5.74, 6) is -0.357. The van der Waals surface area contributed by atoms with Crippen LogP contribution in [-0.4, -0.2) is 32.1 Å². The predicted octanol–water partition coefficient (Wildman–Crippen LogP) is 3.52. The Morgan fingerprint density at radius 3 is 2.18 bits per heavy atom.